The number of nitrogens with one attached hydrogen (secondary N) is 1. The maximum absolute atomic E-state index is 13.0. The molecule has 3 aromatic heterocycles. The molecule has 190 valence electrons. The third-order valence-electron chi connectivity index (χ3n) is 7.97. The highest BCUT2D eigenvalue weighted by Gasteiger charge is 2.54. The summed E-state index contributed by atoms with van der Waals surface area (Å²) in [7, 11) is 3.88. The van der Waals surface area contributed by atoms with Gasteiger partial charge in [0.1, 0.15) is 11.7 Å². The van der Waals surface area contributed by atoms with Gasteiger partial charge in [-0.15, -0.1) is 5.10 Å². The lowest BCUT2D eigenvalue weighted by molar-refractivity contribution is -0.0849. The molecular formula is C25H32N8O3. The molecule has 0 radical (unpaired) electrons. The van der Waals surface area contributed by atoms with Crippen LogP contribution in [-0.4, -0.2) is 81.5 Å². The lowest BCUT2D eigenvalue weighted by Crippen LogP contribution is -2.58. The number of nitrogens with zero attached hydrogens (tertiary/aromatic N) is 6. The van der Waals surface area contributed by atoms with Crippen molar-refractivity contribution >= 4 is 23.0 Å². The van der Waals surface area contributed by atoms with Crippen LogP contribution in [0.1, 0.15) is 46.4 Å². The first-order chi connectivity index (χ1) is 17.3. The summed E-state index contributed by atoms with van der Waals surface area (Å²) in [6.45, 7) is 4.05. The number of carbonyl (C=O) groups excluding carboxylic acids is 2. The van der Waals surface area contributed by atoms with Crippen molar-refractivity contribution in [2.75, 3.05) is 38.1 Å². The van der Waals surface area contributed by atoms with Crippen molar-refractivity contribution < 1.29 is 14.3 Å². The van der Waals surface area contributed by atoms with Gasteiger partial charge in [-0.3, -0.25) is 14.3 Å². The zero-order valence-corrected chi connectivity index (χ0v) is 20.7. The highest BCUT2D eigenvalue weighted by Crippen LogP contribution is 2.56. The number of primary amides is 1. The molecule has 0 aromatic carbocycles. The van der Waals surface area contributed by atoms with E-state index >= 15 is 0 Å². The zero-order valence-electron chi connectivity index (χ0n) is 20.7. The molecule has 1 spiro atoms. The molecule has 4 heterocycles. The Morgan fingerprint density at radius 1 is 1.06 bits per heavy atom. The number of hydrogen-bond acceptors (Lipinski definition) is 7. The molecule has 2 saturated carbocycles. The number of aryl methyl sites for hydroxylation is 1. The second kappa shape index (κ2) is 8.51. The fraction of sp³-hybridized carbons (Fsp3) is 0.520. The van der Waals surface area contributed by atoms with Gasteiger partial charge in [0.2, 0.25) is 5.88 Å². The summed E-state index contributed by atoms with van der Waals surface area (Å²) < 4.78 is 9.28. The molecule has 0 unspecified atom stereocenters. The minimum Gasteiger partial charge on any atom is -0.473 e. The van der Waals surface area contributed by atoms with Gasteiger partial charge in [0.05, 0.1) is 29.2 Å². The molecule has 3 aromatic rings. The van der Waals surface area contributed by atoms with Gasteiger partial charge >= 0.3 is 0 Å². The number of pyridine rings is 1. The average Bonchev–Trinajstić information content (AvgIpc) is 3.39. The number of aromatic nitrogens is 4. The van der Waals surface area contributed by atoms with Crippen LogP contribution in [0.4, 0.5) is 5.69 Å². The number of hydrogen-bond donors (Lipinski definition) is 2. The Bertz CT molecular complexity index is 1310. The van der Waals surface area contributed by atoms with Crippen LogP contribution in [-0.2, 0) is 7.05 Å². The minimum atomic E-state index is -0.540. The molecule has 0 bridgehead atoms. The lowest BCUT2D eigenvalue weighted by atomic mass is 9.53. The zero-order chi connectivity index (χ0) is 25.0. The van der Waals surface area contributed by atoms with E-state index in [1.807, 2.05) is 12.3 Å². The molecule has 11 heteroatoms. The first kappa shape index (κ1) is 22.8. The first-order valence-electron chi connectivity index (χ1n) is 12.5. The number of carbonyl (C=O) groups is 2. The number of ether oxygens (including phenoxy) is 1. The van der Waals surface area contributed by atoms with E-state index in [4.69, 9.17) is 10.5 Å². The van der Waals surface area contributed by atoms with E-state index in [1.165, 1.54) is 4.68 Å². The van der Waals surface area contributed by atoms with Crippen molar-refractivity contribution in [3.8, 4) is 5.88 Å². The molecule has 11 nitrogen and oxygen atoms in total. The summed E-state index contributed by atoms with van der Waals surface area (Å²) >= 11 is 0. The van der Waals surface area contributed by atoms with Gasteiger partial charge in [0, 0.05) is 45.5 Å². The number of nitrogens with two attached hydrogens (primary N) is 1. The number of rotatable bonds is 6. The topological polar surface area (TPSA) is 123 Å². The van der Waals surface area contributed by atoms with Crippen LogP contribution in [0.3, 0.4) is 0 Å². The Kier molecular flexibility index (Phi) is 5.40. The quantitative estimate of drug-likeness (QED) is 0.527. The molecule has 1 aliphatic heterocycles. The SMILES string of the molecule is CN1CCN(c2ccc3c(C(=O)NC4CC5(C4)CC(Oc4nn(C)cc4C(N)=O)C5)cnn3c2)CC1. The molecule has 1 saturated heterocycles. The number of piperazine rings is 1. The largest absolute Gasteiger partial charge is 0.473 e. The standard InChI is InChI=1S/C25H32N8O3/c1-30-5-7-32(8-6-30)17-3-4-21-19(13-27-33(21)14-17)23(35)28-16-9-25(10-16)11-18(12-25)36-24-20(22(26)34)15-31(2)29-24/h3-4,13-16,18H,5-12H2,1-2H3,(H2,26,34)(H,28,35). The third-order valence-corrected chi connectivity index (χ3v) is 7.97. The summed E-state index contributed by atoms with van der Waals surface area (Å²) in [6, 6.07) is 4.22. The van der Waals surface area contributed by atoms with Crippen molar-refractivity contribution in [2.45, 2.75) is 37.8 Å². The molecule has 2 aliphatic carbocycles. The minimum absolute atomic E-state index is 0.0174. The number of anilines is 1. The highest BCUT2D eigenvalue weighted by atomic mass is 16.5. The predicted molar refractivity (Wildman–Crippen MR) is 133 cm³/mol. The van der Waals surface area contributed by atoms with Crippen molar-refractivity contribution in [1.29, 1.82) is 0 Å². The van der Waals surface area contributed by atoms with Crippen molar-refractivity contribution in [3.63, 3.8) is 0 Å². The first-order valence-corrected chi connectivity index (χ1v) is 12.5. The van der Waals surface area contributed by atoms with Crippen LogP contribution in [0.2, 0.25) is 0 Å². The van der Waals surface area contributed by atoms with Crippen molar-refractivity contribution in [2.24, 2.45) is 18.2 Å². The summed E-state index contributed by atoms with van der Waals surface area (Å²) in [6.07, 6.45) is 8.89. The van der Waals surface area contributed by atoms with Gasteiger partial charge in [-0.1, -0.05) is 0 Å². The molecular weight excluding hydrogens is 460 g/mol. The summed E-state index contributed by atoms with van der Waals surface area (Å²) in [5.41, 5.74) is 8.47. The van der Waals surface area contributed by atoms with E-state index in [0.717, 1.165) is 63.1 Å². The summed E-state index contributed by atoms with van der Waals surface area (Å²) in [5.74, 6) is -0.316. The van der Waals surface area contributed by atoms with Crippen molar-refractivity contribution in [1.82, 2.24) is 29.6 Å². The van der Waals surface area contributed by atoms with Crippen LogP contribution >= 0.6 is 0 Å². The molecule has 0 atom stereocenters. The fourth-order valence-electron chi connectivity index (χ4n) is 5.96. The molecule has 2 amide bonds. The second-order valence-corrected chi connectivity index (χ2v) is 10.7. The molecule has 6 rings (SSSR count). The van der Waals surface area contributed by atoms with Crippen LogP contribution < -0.4 is 20.7 Å². The monoisotopic (exact) mass is 492 g/mol. The molecule has 3 N–H and O–H groups in total. The third kappa shape index (κ3) is 4.06. The number of fused-ring (bicyclic) bond motifs is 1. The predicted octanol–water partition coefficient (Wildman–Crippen LogP) is 1.04. The van der Waals surface area contributed by atoms with Crippen LogP contribution in [0, 0.1) is 5.41 Å². The van der Waals surface area contributed by atoms with Gasteiger partial charge in [-0.2, -0.15) is 5.10 Å². The highest BCUT2D eigenvalue weighted by molar-refractivity contribution is 6.01. The van der Waals surface area contributed by atoms with E-state index in [0.29, 0.717) is 17.0 Å². The van der Waals surface area contributed by atoms with Crippen molar-refractivity contribution in [3.05, 3.63) is 41.9 Å². The van der Waals surface area contributed by atoms with Crippen LogP contribution in [0.5, 0.6) is 5.88 Å². The van der Waals surface area contributed by atoms with E-state index in [1.54, 1.807) is 24.0 Å². The number of likely N-dealkylation sites (N-methyl/N-ethyl adjacent to an activating group) is 1. The van der Waals surface area contributed by atoms with E-state index in [9.17, 15) is 9.59 Å². The molecule has 36 heavy (non-hydrogen) atoms. The van der Waals surface area contributed by atoms with Gasteiger partial charge < -0.3 is 25.6 Å². The van der Waals surface area contributed by atoms with Gasteiger partial charge in [-0.25, -0.2) is 4.52 Å². The van der Waals surface area contributed by atoms with Gasteiger partial charge in [-0.05, 0) is 50.3 Å². The maximum Gasteiger partial charge on any atom is 0.255 e. The Morgan fingerprint density at radius 3 is 2.53 bits per heavy atom. The van der Waals surface area contributed by atoms with E-state index < -0.39 is 5.91 Å². The second-order valence-electron chi connectivity index (χ2n) is 10.7. The summed E-state index contributed by atoms with van der Waals surface area (Å²) in [4.78, 5) is 29.3. The Morgan fingerprint density at radius 2 is 1.81 bits per heavy atom. The van der Waals surface area contributed by atoms with Gasteiger partial charge in [0.25, 0.3) is 11.8 Å². The number of amides is 2. The maximum atomic E-state index is 13.0. The molecule has 3 aliphatic rings. The van der Waals surface area contributed by atoms with E-state index in [-0.39, 0.29) is 23.5 Å². The van der Waals surface area contributed by atoms with Gasteiger partial charge in [0.15, 0.2) is 0 Å². The Hall–Kier alpha value is -3.60. The summed E-state index contributed by atoms with van der Waals surface area (Å²) in [5, 5.41) is 11.8. The van der Waals surface area contributed by atoms with Crippen LogP contribution in [0.15, 0.2) is 30.7 Å². The molecule has 3 fully saturated rings. The van der Waals surface area contributed by atoms with Crippen LogP contribution in [0.25, 0.3) is 5.52 Å². The Balaban J connectivity index is 1.02. The normalized spacial score (nSPS) is 26.0. The lowest BCUT2D eigenvalue weighted by Gasteiger charge is -2.57. The Labute approximate surface area is 209 Å². The smallest absolute Gasteiger partial charge is 0.255 e. The average molecular weight is 493 g/mol. The van der Waals surface area contributed by atoms with E-state index in [2.05, 4.69) is 38.4 Å². The fourth-order valence-corrected chi connectivity index (χ4v) is 5.96.